The van der Waals surface area contributed by atoms with Gasteiger partial charge in [0.25, 0.3) is 0 Å². The summed E-state index contributed by atoms with van der Waals surface area (Å²) in [5.41, 5.74) is 9.72. The summed E-state index contributed by atoms with van der Waals surface area (Å²) in [5.74, 6) is 0. The molecule has 3 aliphatic rings. The quantitative estimate of drug-likeness (QED) is 0.828. The minimum Gasteiger partial charge on any atom is -0.398 e. The Morgan fingerprint density at radius 2 is 2.25 bits per heavy atom. The van der Waals surface area contributed by atoms with E-state index in [0.29, 0.717) is 12.1 Å². The van der Waals surface area contributed by atoms with Crippen molar-refractivity contribution < 1.29 is 4.74 Å². The topological polar surface area (TPSA) is 41.7 Å². The Morgan fingerprint density at radius 1 is 1.30 bits per heavy atom. The Balaban J connectivity index is 1.38. The van der Waals surface area contributed by atoms with Crippen LogP contribution < -0.4 is 5.73 Å². The molecule has 0 saturated carbocycles. The second-order valence-corrected chi connectivity index (χ2v) is 6.40. The van der Waals surface area contributed by atoms with Gasteiger partial charge < -0.3 is 10.5 Å². The van der Waals surface area contributed by atoms with Crippen molar-refractivity contribution in [2.24, 2.45) is 0 Å². The average Bonchev–Trinajstić information content (AvgIpc) is 3.05. The molecule has 2 atom stereocenters. The first-order chi connectivity index (χ1) is 9.79. The highest BCUT2D eigenvalue weighted by Gasteiger charge is 2.33. The van der Waals surface area contributed by atoms with E-state index in [2.05, 4.69) is 21.9 Å². The second kappa shape index (κ2) is 5.02. The van der Waals surface area contributed by atoms with Crippen LogP contribution >= 0.6 is 0 Å². The van der Waals surface area contributed by atoms with Gasteiger partial charge in [0.05, 0.1) is 12.7 Å². The molecule has 0 aliphatic carbocycles. The molecule has 108 valence electrons. The van der Waals surface area contributed by atoms with Gasteiger partial charge >= 0.3 is 0 Å². The van der Waals surface area contributed by atoms with E-state index in [0.717, 1.165) is 38.5 Å². The van der Waals surface area contributed by atoms with Crippen LogP contribution in [0.25, 0.3) is 0 Å². The van der Waals surface area contributed by atoms with Gasteiger partial charge in [0.2, 0.25) is 0 Å². The van der Waals surface area contributed by atoms with Crippen LogP contribution in [0.3, 0.4) is 0 Å². The van der Waals surface area contributed by atoms with Gasteiger partial charge in [-0.1, -0.05) is 12.1 Å². The van der Waals surface area contributed by atoms with Crippen LogP contribution in [0.15, 0.2) is 18.2 Å². The molecular formula is C16H23N3O. The van der Waals surface area contributed by atoms with E-state index >= 15 is 0 Å². The number of nitrogens with zero attached hydrogens (tertiary/aromatic N) is 2. The molecule has 3 aliphatic heterocycles. The van der Waals surface area contributed by atoms with Crippen LogP contribution in [-0.2, 0) is 17.8 Å². The summed E-state index contributed by atoms with van der Waals surface area (Å²) in [6, 6.07) is 6.96. The first kappa shape index (κ1) is 12.6. The number of benzene rings is 1. The largest absolute Gasteiger partial charge is 0.398 e. The van der Waals surface area contributed by atoms with E-state index in [1.807, 2.05) is 6.07 Å². The number of hydrogen-bond donors (Lipinski definition) is 1. The fourth-order valence-electron chi connectivity index (χ4n) is 3.93. The smallest absolute Gasteiger partial charge is 0.0829 e. The molecule has 4 rings (SSSR count). The van der Waals surface area contributed by atoms with Crippen LogP contribution in [0.2, 0.25) is 0 Å². The zero-order valence-corrected chi connectivity index (χ0v) is 11.9. The molecule has 2 saturated heterocycles. The Morgan fingerprint density at radius 3 is 3.15 bits per heavy atom. The van der Waals surface area contributed by atoms with Gasteiger partial charge in [-0.15, -0.1) is 0 Å². The van der Waals surface area contributed by atoms with E-state index in [1.54, 1.807) is 0 Å². The predicted octanol–water partition coefficient (Wildman–Crippen LogP) is 1.45. The predicted molar refractivity (Wildman–Crippen MR) is 79.3 cm³/mol. The fourth-order valence-corrected chi connectivity index (χ4v) is 3.93. The lowest BCUT2D eigenvalue weighted by molar-refractivity contribution is -0.0617. The van der Waals surface area contributed by atoms with E-state index < -0.39 is 0 Å². The number of nitrogen functional groups attached to an aromatic ring is 1. The number of morpholine rings is 1. The molecule has 4 heteroatoms. The van der Waals surface area contributed by atoms with Crippen LogP contribution in [0.1, 0.15) is 24.0 Å². The summed E-state index contributed by atoms with van der Waals surface area (Å²) < 4.78 is 6.07. The van der Waals surface area contributed by atoms with Gasteiger partial charge in [-0.05, 0) is 36.6 Å². The van der Waals surface area contributed by atoms with Gasteiger partial charge in [-0.25, -0.2) is 0 Å². The van der Waals surface area contributed by atoms with Crippen LogP contribution in [0, 0.1) is 0 Å². The number of fused-ring (bicyclic) bond motifs is 2. The molecule has 2 fully saturated rings. The molecule has 1 aromatic carbocycles. The van der Waals surface area contributed by atoms with E-state index in [1.165, 1.54) is 30.5 Å². The summed E-state index contributed by atoms with van der Waals surface area (Å²) in [4.78, 5) is 5.09. The molecule has 2 N–H and O–H groups in total. The molecule has 20 heavy (non-hydrogen) atoms. The van der Waals surface area contributed by atoms with Crippen molar-refractivity contribution in [3.05, 3.63) is 29.3 Å². The normalized spacial score (nSPS) is 30.4. The Labute approximate surface area is 120 Å². The molecule has 0 bridgehead atoms. The summed E-state index contributed by atoms with van der Waals surface area (Å²) in [6.07, 6.45) is 3.02. The second-order valence-electron chi connectivity index (χ2n) is 6.40. The average molecular weight is 273 g/mol. The highest BCUT2D eigenvalue weighted by molar-refractivity contribution is 5.52. The van der Waals surface area contributed by atoms with Gasteiger partial charge in [0.15, 0.2) is 0 Å². The van der Waals surface area contributed by atoms with Gasteiger partial charge in [0, 0.05) is 37.9 Å². The molecule has 4 nitrogen and oxygen atoms in total. The summed E-state index contributed by atoms with van der Waals surface area (Å²) in [7, 11) is 0. The van der Waals surface area contributed by atoms with Crippen molar-refractivity contribution in [2.45, 2.75) is 38.1 Å². The van der Waals surface area contributed by atoms with Gasteiger partial charge in [-0.2, -0.15) is 0 Å². The Bertz CT molecular complexity index is 504. The maximum Gasteiger partial charge on any atom is 0.0829 e. The van der Waals surface area contributed by atoms with Crippen molar-refractivity contribution in [1.82, 2.24) is 9.80 Å². The van der Waals surface area contributed by atoms with E-state index in [-0.39, 0.29) is 0 Å². The summed E-state index contributed by atoms with van der Waals surface area (Å²) in [6.45, 7) is 6.31. The number of ether oxygens (including phenoxy) is 1. The molecule has 3 heterocycles. The third-order valence-corrected chi connectivity index (χ3v) is 5.01. The van der Waals surface area contributed by atoms with E-state index in [9.17, 15) is 0 Å². The molecule has 0 radical (unpaired) electrons. The van der Waals surface area contributed by atoms with Crippen molar-refractivity contribution >= 4 is 5.69 Å². The summed E-state index contributed by atoms with van der Waals surface area (Å²) in [5, 5.41) is 0. The van der Waals surface area contributed by atoms with Crippen LogP contribution in [0.5, 0.6) is 0 Å². The molecular weight excluding hydrogens is 250 g/mol. The highest BCUT2D eigenvalue weighted by Crippen LogP contribution is 2.29. The standard InChI is InChI=1S/C16H23N3O/c17-16-5-1-3-12-7-18(10-15(12)16)8-14-9-19-6-2-4-13(19)11-20-14/h1,3,5,13-14H,2,4,6-11,17H2. The van der Waals surface area contributed by atoms with Crippen LogP contribution in [0.4, 0.5) is 5.69 Å². The fraction of sp³-hybridized carbons (Fsp3) is 0.625. The first-order valence-electron chi connectivity index (χ1n) is 7.74. The van der Waals surface area contributed by atoms with Crippen molar-refractivity contribution in [3.8, 4) is 0 Å². The zero-order valence-electron chi connectivity index (χ0n) is 11.9. The van der Waals surface area contributed by atoms with Crippen molar-refractivity contribution in [3.63, 3.8) is 0 Å². The van der Waals surface area contributed by atoms with Gasteiger partial charge in [0.1, 0.15) is 0 Å². The molecule has 1 aromatic rings. The SMILES string of the molecule is Nc1cccc2c1CN(CC1CN3CCCC3CO1)C2. The Hall–Kier alpha value is -1.10. The lowest BCUT2D eigenvalue weighted by Crippen LogP contribution is -2.49. The number of nitrogens with two attached hydrogens (primary N) is 1. The lowest BCUT2D eigenvalue weighted by atomic mass is 10.1. The molecule has 0 aromatic heterocycles. The summed E-state index contributed by atoms with van der Waals surface area (Å²) >= 11 is 0. The van der Waals surface area contributed by atoms with E-state index in [4.69, 9.17) is 10.5 Å². The van der Waals surface area contributed by atoms with Gasteiger partial charge in [-0.3, -0.25) is 9.80 Å². The van der Waals surface area contributed by atoms with Crippen molar-refractivity contribution in [1.29, 1.82) is 0 Å². The minimum atomic E-state index is 0.361. The third kappa shape index (κ3) is 2.22. The molecule has 0 amide bonds. The highest BCUT2D eigenvalue weighted by atomic mass is 16.5. The molecule has 2 unspecified atom stereocenters. The number of rotatable bonds is 2. The number of hydrogen-bond acceptors (Lipinski definition) is 4. The van der Waals surface area contributed by atoms with Crippen LogP contribution in [-0.4, -0.2) is 48.2 Å². The van der Waals surface area contributed by atoms with Crippen molar-refractivity contribution in [2.75, 3.05) is 32.0 Å². The maximum atomic E-state index is 6.07. The minimum absolute atomic E-state index is 0.361. The number of anilines is 1. The first-order valence-corrected chi connectivity index (χ1v) is 7.74. The third-order valence-electron chi connectivity index (χ3n) is 5.01. The monoisotopic (exact) mass is 273 g/mol. The zero-order chi connectivity index (χ0) is 13.5. The molecule has 0 spiro atoms. The maximum absolute atomic E-state index is 6.07. The Kier molecular flexibility index (Phi) is 3.17. The lowest BCUT2D eigenvalue weighted by Gasteiger charge is -2.36.